The Hall–Kier alpha value is -0.0900. The highest BCUT2D eigenvalue weighted by atomic mass is 127. The van der Waals surface area contributed by atoms with E-state index in [0.29, 0.717) is 6.04 Å². The second-order valence-corrected chi connectivity index (χ2v) is 6.14. The minimum absolute atomic E-state index is 0.239. The fourth-order valence-electron chi connectivity index (χ4n) is 1.95. The summed E-state index contributed by atoms with van der Waals surface area (Å²) in [4.78, 5) is 0. The Morgan fingerprint density at radius 3 is 2.33 bits per heavy atom. The van der Waals surface area contributed by atoms with E-state index in [2.05, 4.69) is 73.8 Å². The lowest BCUT2D eigenvalue weighted by atomic mass is 9.82. The summed E-state index contributed by atoms with van der Waals surface area (Å²) in [5, 5.41) is 3.42. The smallest absolute Gasteiger partial charge is 0.0377 e. The Kier molecular flexibility index (Phi) is 4.18. The fourth-order valence-corrected chi connectivity index (χ4v) is 2.62. The summed E-state index contributed by atoms with van der Waals surface area (Å²) < 4.78 is 1.38. The molecule has 0 amide bonds. The zero-order chi connectivity index (χ0) is 11.6. The van der Waals surface area contributed by atoms with Gasteiger partial charge in [0.05, 0.1) is 0 Å². The zero-order valence-corrected chi connectivity index (χ0v) is 12.3. The van der Waals surface area contributed by atoms with Crippen LogP contribution in [0.3, 0.4) is 0 Å². The minimum Gasteiger partial charge on any atom is -0.313 e. The largest absolute Gasteiger partial charge is 0.313 e. The molecule has 1 aromatic rings. The third kappa shape index (κ3) is 2.94. The number of halogens is 1. The predicted octanol–water partition coefficient (Wildman–Crippen LogP) is 3.91. The van der Waals surface area contributed by atoms with Gasteiger partial charge in [-0.05, 0) is 53.1 Å². The molecular formula is C13H20IN. The molecule has 1 N–H and O–H groups in total. The van der Waals surface area contributed by atoms with E-state index in [4.69, 9.17) is 0 Å². The van der Waals surface area contributed by atoms with E-state index in [1.165, 1.54) is 14.7 Å². The molecule has 0 saturated heterocycles. The van der Waals surface area contributed by atoms with E-state index in [0.717, 1.165) is 0 Å². The molecule has 84 valence electrons. The highest BCUT2D eigenvalue weighted by Crippen LogP contribution is 2.35. The van der Waals surface area contributed by atoms with E-state index in [1.807, 2.05) is 7.05 Å². The Bertz CT molecular complexity index is 339. The Labute approximate surface area is 107 Å². The van der Waals surface area contributed by atoms with Crippen molar-refractivity contribution in [1.82, 2.24) is 5.32 Å². The van der Waals surface area contributed by atoms with Crippen LogP contribution in [0.1, 0.15) is 37.9 Å². The molecule has 0 aliphatic heterocycles. The second-order valence-electron chi connectivity index (χ2n) is 5.07. The SMILES string of the molecule is CNC(c1cccc(C)c1I)C(C)(C)C. The molecule has 0 spiro atoms. The van der Waals surface area contributed by atoms with Gasteiger partial charge in [0.25, 0.3) is 0 Å². The van der Waals surface area contributed by atoms with Crippen LogP contribution in [0.2, 0.25) is 0 Å². The molecule has 1 unspecified atom stereocenters. The number of aryl methyl sites for hydroxylation is 1. The molecule has 0 aliphatic rings. The molecule has 15 heavy (non-hydrogen) atoms. The normalized spacial score (nSPS) is 14.0. The molecule has 1 rings (SSSR count). The Morgan fingerprint density at radius 2 is 1.87 bits per heavy atom. The van der Waals surface area contributed by atoms with Crippen LogP contribution in [0.4, 0.5) is 0 Å². The summed E-state index contributed by atoms with van der Waals surface area (Å²) in [5.74, 6) is 0. The number of hydrogen-bond donors (Lipinski definition) is 1. The first kappa shape index (κ1) is 13.0. The van der Waals surface area contributed by atoms with Gasteiger partial charge in [0.1, 0.15) is 0 Å². The molecule has 2 heteroatoms. The molecule has 1 nitrogen and oxygen atoms in total. The van der Waals surface area contributed by atoms with Gasteiger partial charge in [0, 0.05) is 9.61 Å². The van der Waals surface area contributed by atoms with Gasteiger partial charge in [-0.2, -0.15) is 0 Å². The van der Waals surface area contributed by atoms with Gasteiger partial charge in [-0.15, -0.1) is 0 Å². The molecule has 1 aromatic carbocycles. The van der Waals surface area contributed by atoms with E-state index in [9.17, 15) is 0 Å². The molecule has 0 aliphatic carbocycles. The van der Waals surface area contributed by atoms with Gasteiger partial charge in [-0.25, -0.2) is 0 Å². The van der Waals surface area contributed by atoms with Crippen LogP contribution in [0.5, 0.6) is 0 Å². The third-order valence-corrected chi connectivity index (χ3v) is 4.16. The first-order chi connectivity index (χ1) is 6.88. The van der Waals surface area contributed by atoms with Crippen LogP contribution in [0, 0.1) is 15.9 Å². The summed E-state index contributed by atoms with van der Waals surface area (Å²) in [5.41, 5.74) is 3.01. The summed E-state index contributed by atoms with van der Waals surface area (Å²) in [7, 11) is 2.04. The van der Waals surface area contributed by atoms with Crippen molar-refractivity contribution in [3.05, 3.63) is 32.9 Å². The average molecular weight is 317 g/mol. The predicted molar refractivity (Wildman–Crippen MR) is 75.2 cm³/mol. The third-order valence-electron chi connectivity index (χ3n) is 2.69. The lowest BCUT2D eigenvalue weighted by Crippen LogP contribution is -2.30. The molecule has 1 atom stereocenters. The lowest BCUT2D eigenvalue weighted by molar-refractivity contribution is 0.286. The monoisotopic (exact) mass is 317 g/mol. The van der Waals surface area contributed by atoms with Crippen LogP contribution in [-0.4, -0.2) is 7.05 Å². The van der Waals surface area contributed by atoms with Crippen LogP contribution in [0.15, 0.2) is 18.2 Å². The van der Waals surface area contributed by atoms with Crippen molar-refractivity contribution in [3.8, 4) is 0 Å². The highest BCUT2D eigenvalue weighted by molar-refractivity contribution is 14.1. The molecule has 0 heterocycles. The van der Waals surface area contributed by atoms with Crippen molar-refractivity contribution in [2.24, 2.45) is 5.41 Å². The van der Waals surface area contributed by atoms with Gasteiger partial charge in [-0.1, -0.05) is 39.0 Å². The van der Waals surface area contributed by atoms with E-state index in [-0.39, 0.29) is 5.41 Å². The number of rotatable bonds is 2. The maximum absolute atomic E-state index is 3.42. The first-order valence-corrected chi connectivity index (χ1v) is 6.38. The van der Waals surface area contributed by atoms with Crippen molar-refractivity contribution >= 4 is 22.6 Å². The number of nitrogens with one attached hydrogen (secondary N) is 1. The van der Waals surface area contributed by atoms with Crippen molar-refractivity contribution in [2.45, 2.75) is 33.7 Å². The van der Waals surface area contributed by atoms with Gasteiger partial charge in [-0.3, -0.25) is 0 Å². The molecule has 0 radical (unpaired) electrons. The zero-order valence-electron chi connectivity index (χ0n) is 10.2. The van der Waals surface area contributed by atoms with E-state index >= 15 is 0 Å². The summed E-state index contributed by atoms with van der Waals surface area (Å²) in [6.07, 6.45) is 0. The standard InChI is InChI=1S/C13H20IN/c1-9-7-6-8-10(11(9)14)12(15-5)13(2,3)4/h6-8,12,15H,1-5H3. The van der Waals surface area contributed by atoms with Gasteiger partial charge in [0.2, 0.25) is 0 Å². The average Bonchev–Trinajstić information content (AvgIpc) is 2.11. The van der Waals surface area contributed by atoms with E-state index in [1.54, 1.807) is 0 Å². The molecular weight excluding hydrogens is 297 g/mol. The van der Waals surface area contributed by atoms with Gasteiger partial charge in [0.15, 0.2) is 0 Å². The van der Waals surface area contributed by atoms with Crippen molar-refractivity contribution in [3.63, 3.8) is 0 Å². The summed E-state index contributed by atoms with van der Waals surface area (Å²) in [6.45, 7) is 8.98. The lowest BCUT2D eigenvalue weighted by Gasteiger charge is -2.32. The summed E-state index contributed by atoms with van der Waals surface area (Å²) in [6, 6.07) is 6.94. The van der Waals surface area contributed by atoms with Crippen LogP contribution >= 0.6 is 22.6 Å². The van der Waals surface area contributed by atoms with Crippen molar-refractivity contribution in [2.75, 3.05) is 7.05 Å². The van der Waals surface area contributed by atoms with Crippen LogP contribution < -0.4 is 5.32 Å². The minimum atomic E-state index is 0.239. The number of benzene rings is 1. The first-order valence-electron chi connectivity index (χ1n) is 5.30. The molecule has 0 aromatic heterocycles. The second kappa shape index (κ2) is 4.83. The van der Waals surface area contributed by atoms with Crippen LogP contribution in [0.25, 0.3) is 0 Å². The maximum atomic E-state index is 3.42. The topological polar surface area (TPSA) is 12.0 Å². The maximum Gasteiger partial charge on any atom is 0.0377 e. The van der Waals surface area contributed by atoms with Crippen molar-refractivity contribution in [1.29, 1.82) is 0 Å². The quantitative estimate of drug-likeness (QED) is 0.816. The Morgan fingerprint density at radius 1 is 1.27 bits per heavy atom. The molecule has 0 saturated carbocycles. The molecule has 0 bridgehead atoms. The molecule has 0 fully saturated rings. The Balaban J connectivity index is 3.19. The van der Waals surface area contributed by atoms with Gasteiger partial charge >= 0.3 is 0 Å². The summed E-state index contributed by atoms with van der Waals surface area (Å²) >= 11 is 2.44. The van der Waals surface area contributed by atoms with Crippen LogP contribution in [-0.2, 0) is 0 Å². The van der Waals surface area contributed by atoms with Gasteiger partial charge < -0.3 is 5.32 Å². The number of hydrogen-bond acceptors (Lipinski definition) is 1. The van der Waals surface area contributed by atoms with Crippen molar-refractivity contribution < 1.29 is 0 Å². The van der Waals surface area contributed by atoms with E-state index < -0.39 is 0 Å². The highest BCUT2D eigenvalue weighted by Gasteiger charge is 2.26. The fraction of sp³-hybridized carbons (Fsp3) is 0.538.